The molecule has 0 bridgehead atoms. The molecule has 2 aromatic rings. The summed E-state index contributed by atoms with van der Waals surface area (Å²) in [5.41, 5.74) is 1.04. The number of aromatic carboxylic acids is 1. The lowest BCUT2D eigenvalue weighted by molar-refractivity contribution is 0.0690. The SMILES string of the molecule is Cc1cc(C(=O)Nc2cccc(C(=O)O)n2)ccn1. The zero-order chi connectivity index (χ0) is 13.8. The Morgan fingerprint density at radius 3 is 2.74 bits per heavy atom. The molecule has 0 radical (unpaired) electrons. The molecule has 0 saturated carbocycles. The molecule has 0 spiro atoms. The van der Waals surface area contributed by atoms with Crippen LogP contribution in [-0.4, -0.2) is 27.0 Å². The Hall–Kier alpha value is -2.76. The summed E-state index contributed by atoms with van der Waals surface area (Å²) in [5.74, 6) is -1.31. The summed E-state index contributed by atoms with van der Waals surface area (Å²) in [6.07, 6.45) is 1.53. The molecule has 0 atom stereocenters. The maximum Gasteiger partial charge on any atom is 0.354 e. The van der Waals surface area contributed by atoms with E-state index in [9.17, 15) is 9.59 Å². The number of hydrogen-bond donors (Lipinski definition) is 2. The van der Waals surface area contributed by atoms with E-state index in [4.69, 9.17) is 5.11 Å². The van der Waals surface area contributed by atoms with Gasteiger partial charge in [0.2, 0.25) is 0 Å². The first-order chi connectivity index (χ1) is 9.06. The number of carbonyl (C=O) groups excluding carboxylic acids is 1. The number of nitrogens with one attached hydrogen (secondary N) is 1. The minimum absolute atomic E-state index is 0.122. The standard InChI is InChI=1S/C13H11N3O3/c1-8-7-9(5-6-14-8)12(17)16-11-4-2-3-10(15-11)13(18)19/h2-7H,1H3,(H,18,19)(H,15,16,17). The summed E-state index contributed by atoms with van der Waals surface area (Å²) in [7, 11) is 0. The second-order valence-corrected chi connectivity index (χ2v) is 3.85. The van der Waals surface area contributed by atoms with Gasteiger partial charge in [0.1, 0.15) is 5.82 Å². The van der Waals surface area contributed by atoms with E-state index in [2.05, 4.69) is 15.3 Å². The Morgan fingerprint density at radius 2 is 2.05 bits per heavy atom. The van der Waals surface area contributed by atoms with Crippen LogP contribution in [0, 0.1) is 6.92 Å². The van der Waals surface area contributed by atoms with E-state index in [0.29, 0.717) is 5.56 Å². The van der Waals surface area contributed by atoms with Gasteiger partial charge in [0.05, 0.1) is 0 Å². The monoisotopic (exact) mass is 257 g/mol. The van der Waals surface area contributed by atoms with Gasteiger partial charge in [-0.15, -0.1) is 0 Å². The molecule has 2 aromatic heterocycles. The second-order valence-electron chi connectivity index (χ2n) is 3.85. The first-order valence-electron chi connectivity index (χ1n) is 5.50. The van der Waals surface area contributed by atoms with E-state index in [1.165, 1.54) is 24.4 Å². The van der Waals surface area contributed by atoms with Gasteiger partial charge in [0.25, 0.3) is 5.91 Å². The van der Waals surface area contributed by atoms with Crippen LogP contribution >= 0.6 is 0 Å². The van der Waals surface area contributed by atoms with Crippen molar-refractivity contribution in [2.24, 2.45) is 0 Å². The second kappa shape index (κ2) is 5.26. The van der Waals surface area contributed by atoms with E-state index in [0.717, 1.165) is 5.69 Å². The fourth-order valence-corrected chi connectivity index (χ4v) is 1.50. The summed E-state index contributed by atoms with van der Waals surface area (Å²) in [6.45, 7) is 1.78. The Bertz CT molecular complexity index is 641. The highest BCUT2D eigenvalue weighted by Gasteiger charge is 2.09. The van der Waals surface area contributed by atoms with Crippen LogP contribution in [0.3, 0.4) is 0 Å². The van der Waals surface area contributed by atoms with E-state index in [1.807, 2.05) is 0 Å². The van der Waals surface area contributed by atoms with Crippen molar-refractivity contribution in [1.82, 2.24) is 9.97 Å². The number of carboxylic acids is 1. The van der Waals surface area contributed by atoms with Crippen molar-refractivity contribution in [3.05, 3.63) is 53.5 Å². The molecule has 2 rings (SSSR count). The quantitative estimate of drug-likeness (QED) is 0.873. The highest BCUT2D eigenvalue weighted by molar-refractivity contribution is 6.03. The zero-order valence-corrected chi connectivity index (χ0v) is 10.1. The Morgan fingerprint density at radius 1 is 1.26 bits per heavy atom. The molecular weight excluding hydrogens is 246 g/mol. The number of carboxylic acid groups (broad SMARTS) is 1. The van der Waals surface area contributed by atoms with Gasteiger partial charge >= 0.3 is 5.97 Å². The van der Waals surface area contributed by atoms with Crippen LogP contribution in [0.1, 0.15) is 26.5 Å². The van der Waals surface area contributed by atoms with Gasteiger partial charge in [-0.1, -0.05) is 6.07 Å². The molecule has 0 aliphatic heterocycles. The van der Waals surface area contributed by atoms with Crippen LogP contribution in [0.25, 0.3) is 0 Å². The molecule has 0 aliphatic carbocycles. The van der Waals surface area contributed by atoms with Crippen molar-refractivity contribution in [2.75, 3.05) is 5.32 Å². The normalized spacial score (nSPS) is 9.95. The van der Waals surface area contributed by atoms with E-state index in [-0.39, 0.29) is 17.4 Å². The maximum absolute atomic E-state index is 11.9. The first-order valence-corrected chi connectivity index (χ1v) is 5.50. The predicted octanol–water partition coefficient (Wildman–Crippen LogP) is 1.74. The molecule has 0 aromatic carbocycles. The van der Waals surface area contributed by atoms with Gasteiger partial charge < -0.3 is 10.4 Å². The number of aromatic nitrogens is 2. The molecule has 2 N–H and O–H groups in total. The summed E-state index contributed by atoms with van der Waals surface area (Å²) in [4.78, 5) is 30.5. The van der Waals surface area contributed by atoms with E-state index < -0.39 is 5.97 Å². The third kappa shape index (κ3) is 3.12. The lowest BCUT2D eigenvalue weighted by Crippen LogP contribution is -2.14. The molecule has 0 fully saturated rings. The average molecular weight is 257 g/mol. The summed E-state index contributed by atoms with van der Waals surface area (Å²) < 4.78 is 0. The van der Waals surface area contributed by atoms with E-state index in [1.54, 1.807) is 19.1 Å². The van der Waals surface area contributed by atoms with Crippen LogP contribution < -0.4 is 5.32 Å². The topological polar surface area (TPSA) is 92.2 Å². The highest BCUT2D eigenvalue weighted by Crippen LogP contribution is 2.08. The molecule has 0 unspecified atom stereocenters. The van der Waals surface area contributed by atoms with Crippen LogP contribution in [-0.2, 0) is 0 Å². The van der Waals surface area contributed by atoms with Crippen molar-refractivity contribution in [3.8, 4) is 0 Å². The van der Waals surface area contributed by atoms with Gasteiger partial charge in [-0.05, 0) is 31.2 Å². The van der Waals surface area contributed by atoms with E-state index >= 15 is 0 Å². The molecule has 1 amide bonds. The Kier molecular flexibility index (Phi) is 3.51. The zero-order valence-electron chi connectivity index (χ0n) is 10.1. The lowest BCUT2D eigenvalue weighted by Gasteiger charge is -2.05. The number of aryl methyl sites for hydroxylation is 1. The molecular formula is C13H11N3O3. The van der Waals surface area contributed by atoms with Gasteiger partial charge in [-0.2, -0.15) is 0 Å². The minimum atomic E-state index is -1.14. The van der Waals surface area contributed by atoms with Crippen molar-refractivity contribution in [3.63, 3.8) is 0 Å². The molecule has 96 valence electrons. The molecule has 6 heteroatoms. The van der Waals surface area contributed by atoms with Crippen molar-refractivity contribution < 1.29 is 14.7 Å². The van der Waals surface area contributed by atoms with Crippen LogP contribution in [0.5, 0.6) is 0 Å². The summed E-state index contributed by atoms with van der Waals surface area (Å²) >= 11 is 0. The third-order valence-corrected chi connectivity index (χ3v) is 2.37. The predicted molar refractivity (Wildman–Crippen MR) is 68.1 cm³/mol. The van der Waals surface area contributed by atoms with Gasteiger partial charge in [-0.3, -0.25) is 9.78 Å². The van der Waals surface area contributed by atoms with Gasteiger partial charge in [-0.25, -0.2) is 9.78 Å². The number of pyridine rings is 2. The number of carbonyl (C=O) groups is 2. The summed E-state index contributed by atoms with van der Waals surface area (Å²) in [6, 6.07) is 7.61. The largest absolute Gasteiger partial charge is 0.477 e. The third-order valence-electron chi connectivity index (χ3n) is 2.37. The number of hydrogen-bond acceptors (Lipinski definition) is 4. The fourth-order valence-electron chi connectivity index (χ4n) is 1.50. The minimum Gasteiger partial charge on any atom is -0.477 e. The average Bonchev–Trinajstić information content (AvgIpc) is 2.39. The first kappa shape index (κ1) is 12.7. The summed E-state index contributed by atoms with van der Waals surface area (Å²) in [5, 5.41) is 11.4. The molecule has 6 nitrogen and oxygen atoms in total. The van der Waals surface area contributed by atoms with Crippen LogP contribution in [0.2, 0.25) is 0 Å². The maximum atomic E-state index is 11.9. The van der Waals surface area contributed by atoms with Gasteiger partial charge in [0.15, 0.2) is 5.69 Å². The number of anilines is 1. The Labute approximate surface area is 109 Å². The number of amides is 1. The smallest absolute Gasteiger partial charge is 0.354 e. The molecule has 0 aliphatic rings. The fraction of sp³-hybridized carbons (Fsp3) is 0.0769. The molecule has 2 heterocycles. The molecule has 0 saturated heterocycles. The molecule has 19 heavy (non-hydrogen) atoms. The van der Waals surface area contributed by atoms with Crippen LogP contribution in [0.4, 0.5) is 5.82 Å². The van der Waals surface area contributed by atoms with Gasteiger partial charge in [0, 0.05) is 17.5 Å². The Balaban J connectivity index is 2.19. The number of rotatable bonds is 3. The number of nitrogens with zero attached hydrogens (tertiary/aromatic N) is 2. The van der Waals surface area contributed by atoms with Crippen LogP contribution in [0.15, 0.2) is 36.5 Å². The lowest BCUT2D eigenvalue weighted by atomic mass is 10.2. The van der Waals surface area contributed by atoms with Crippen molar-refractivity contribution in [1.29, 1.82) is 0 Å². The van der Waals surface area contributed by atoms with Crippen molar-refractivity contribution in [2.45, 2.75) is 6.92 Å². The highest BCUT2D eigenvalue weighted by atomic mass is 16.4. The van der Waals surface area contributed by atoms with Crippen molar-refractivity contribution >= 4 is 17.7 Å².